The highest BCUT2D eigenvalue weighted by molar-refractivity contribution is 6.02. The Morgan fingerprint density at radius 2 is 1.91 bits per heavy atom. The van der Waals surface area contributed by atoms with Crippen molar-refractivity contribution in [2.45, 2.75) is 19.9 Å². The molecule has 0 atom stereocenters. The van der Waals surface area contributed by atoms with Crippen LogP contribution >= 0.6 is 0 Å². The third kappa shape index (κ3) is 3.68. The molecule has 2 aromatic rings. The van der Waals surface area contributed by atoms with Gasteiger partial charge in [-0.05, 0) is 26.0 Å². The quantitative estimate of drug-likeness (QED) is 0.901. The number of aromatic nitrogens is 2. The molecule has 0 radical (unpaired) electrons. The van der Waals surface area contributed by atoms with Gasteiger partial charge in [0, 0.05) is 17.8 Å². The summed E-state index contributed by atoms with van der Waals surface area (Å²) in [6, 6.07) is 5.51. The molecule has 0 aliphatic carbocycles. The first-order valence-corrected chi connectivity index (χ1v) is 7.41. The lowest BCUT2D eigenvalue weighted by molar-refractivity contribution is 0.102. The second kappa shape index (κ2) is 6.51. The fraction of sp³-hybridized carbons (Fsp3) is 0.312. The number of hydrogen-bond acceptors (Lipinski definition) is 6. The lowest BCUT2D eigenvalue weighted by Gasteiger charge is -2.18. The summed E-state index contributed by atoms with van der Waals surface area (Å²) in [7, 11) is 0. The second-order valence-electron chi connectivity index (χ2n) is 5.40. The number of rotatable bonds is 4. The first-order valence-electron chi connectivity index (χ1n) is 7.41. The van der Waals surface area contributed by atoms with Gasteiger partial charge in [0.2, 0.25) is 0 Å². The van der Waals surface area contributed by atoms with Crippen molar-refractivity contribution in [1.29, 1.82) is 0 Å². The van der Waals surface area contributed by atoms with E-state index in [0.717, 1.165) is 0 Å². The van der Waals surface area contributed by atoms with E-state index < -0.39 is 0 Å². The molecule has 7 nitrogen and oxygen atoms in total. The van der Waals surface area contributed by atoms with Gasteiger partial charge >= 0.3 is 0 Å². The van der Waals surface area contributed by atoms with Gasteiger partial charge in [0.15, 0.2) is 11.5 Å². The van der Waals surface area contributed by atoms with Crippen molar-refractivity contribution in [1.82, 2.24) is 9.97 Å². The Bertz CT molecular complexity index is 701. The van der Waals surface area contributed by atoms with Gasteiger partial charge in [-0.25, -0.2) is 9.97 Å². The molecule has 0 saturated carbocycles. The molecule has 1 amide bonds. The molecule has 0 unspecified atom stereocenters. The van der Waals surface area contributed by atoms with Crippen LogP contribution in [0.4, 0.5) is 11.5 Å². The lowest BCUT2D eigenvalue weighted by Crippen LogP contribution is -2.17. The third-order valence-electron chi connectivity index (χ3n) is 3.12. The summed E-state index contributed by atoms with van der Waals surface area (Å²) >= 11 is 0. The highest BCUT2D eigenvalue weighted by Gasteiger charge is 2.14. The molecule has 1 aliphatic rings. The summed E-state index contributed by atoms with van der Waals surface area (Å²) in [5, 5.41) is 5.89. The zero-order valence-electron chi connectivity index (χ0n) is 13.0. The maximum absolute atomic E-state index is 12.2. The standard InChI is InChI=1S/C16H18N4O3/c1-10(2)19-15-9-17-12(8-18-15)16(21)20-11-3-4-13-14(7-11)23-6-5-22-13/h3-4,7-10H,5-6H2,1-2H3,(H,18,19)(H,20,21). The molecule has 1 aromatic heterocycles. The molecule has 0 fully saturated rings. The van der Waals surface area contributed by atoms with Gasteiger partial charge < -0.3 is 20.1 Å². The number of amides is 1. The maximum atomic E-state index is 12.2. The predicted octanol–water partition coefficient (Wildman–Crippen LogP) is 2.32. The molecule has 2 heterocycles. The fourth-order valence-corrected chi connectivity index (χ4v) is 2.13. The molecular weight excluding hydrogens is 296 g/mol. The van der Waals surface area contributed by atoms with Crippen LogP contribution in [0.1, 0.15) is 24.3 Å². The van der Waals surface area contributed by atoms with Crippen LogP contribution in [-0.4, -0.2) is 35.1 Å². The highest BCUT2D eigenvalue weighted by atomic mass is 16.6. The fourth-order valence-electron chi connectivity index (χ4n) is 2.13. The van der Waals surface area contributed by atoms with Gasteiger partial charge in [-0.15, -0.1) is 0 Å². The van der Waals surface area contributed by atoms with Crippen molar-refractivity contribution in [3.8, 4) is 11.5 Å². The number of nitrogens with one attached hydrogen (secondary N) is 2. The number of carbonyl (C=O) groups is 1. The minimum Gasteiger partial charge on any atom is -0.486 e. The topological polar surface area (TPSA) is 85.4 Å². The molecule has 0 saturated heterocycles. The van der Waals surface area contributed by atoms with Crippen LogP contribution in [0.5, 0.6) is 11.5 Å². The van der Waals surface area contributed by atoms with E-state index in [9.17, 15) is 4.79 Å². The highest BCUT2D eigenvalue weighted by Crippen LogP contribution is 2.32. The van der Waals surface area contributed by atoms with E-state index in [1.54, 1.807) is 24.4 Å². The van der Waals surface area contributed by atoms with Crippen LogP contribution in [0.2, 0.25) is 0 Å². The Kier molecular flexibility index (Phi) is 4.27. The van der Waals surface area contributed by atoms with Crippen molar-refractivity contribution in [3.05, 3.63) is 36.3 Å². The molecule has 2 N–H and O–H groups in total. The number of anilines is 2. The molecule has 23 heavy (non-hydrogen) atoms. The van der Waals surface area contributed by atoms with Crippen molar-refractivity contribution in [2.75, 3.05) is 23.8 Å². The Labute approximate surface area is 134 Å². The van der Waals surface area contributed by atoms with Crippen LogP contribution < -0.4 is 20.1 Å². The van der Waals surface area contributed by atoms with E-state index in [1.807, 2.05) is 13.8 Å². The largest absolute Gasteiger partial charge is 0.486 e. The molecular formula is C16H18N4O3. The molecule has 7 heteroatoms. The summed E-state index contributed by atoms with van der Waals surface area (Å²) in [5.41, 5.74) is 0.861. The van der Waals surface area contributed by atoms with Crippen LogP contribution in [-0.2, 0) is 0 Å². The average molecular weight is 314 g/mol. The van der Waals surface area contributed by atoms with E-state index in [1.165, 1.54) is 6.20 Å². The van der Waals surface area contributed by atoms with E-state index in [2.05, 4.69) is 20.6 Å². The van der Waals surface area contributed by atoms with Gasteiger partial charge in [0.25, 0.3) is 5.91 Å². The van der Waals surface area contributed by atoms with Crippen LogP contribution in [0.3, 0.4) is 0 Å². The molecule has 120 valence electrons. The van der Waals surface area contributed by atoms with Crippen molar-refractivity contribution in [2.24, 2.45) is 0 Å². The Morgan fingerprint density at radius 1 is 1.13 bits per heavy atom. The van der Waals surface area contributed by atoms with Crippen molar-refractivity contribution >= 4 is 17.4 Å². The van der Waals surface area contributed by atoms with E-state index in [-0.39, 0.29) is 17.6 Å². The first kappa shape index (κ1) is 15.1. The van der Waals surface area contributed by atoms with E-state index in [0.29, 0.717) is 36.2 Å². The number of carbonyl (C=O) groups excluding carboxylic acids is 1. The normalized spacial score (nSPS) is 12.8. The maximum Gasteiger partial charge on any atom is 0.275 e. The Balaban J connectivity index is 1.69. The molecule has 1 aliphatic heterocycles. The zero-order chi connectivity index (χ0) is 16.2. The SMILES string of the molecule is CC(C)Nc1cnc(C(=O)Nc2ccc3c(c2)OCCO3)cn1. The third-order valence-corrected chi connectivity index (χ3v) is 3.12. The Hall–Kier alpha value is -2.83. The van der Waals surface area contributed by atoms with Gasteiger partial charge in [-0.3, -0.25) is 4.79 Å². The van der Waals surface area contributed by atoms with Gasteiger partial charge in [-0.1, -0.05) is 0 Å². The smallest absolute Gasteiger partial charge is 0.275 e. The van der Waals surface area contributed by atoms with Crippen molar-refractivity contribution < 1.29 is 14.3 Å². The summed E-state index contributed by atoms with van der Waals surface area (Å²) in [6.45, 7) is 5.04. The zero-order valence-corrected chi connectivity index (χ0v) is 13.0. The number of nitrogens with zero attached hydrogens (tertiary/aromatic N) is 2. The predicted molar refractivity (Wildman–Crippen MR) is 86.2 cm³/mol. The summed E-state index contributed by atoms with van der Waals surface area (Å²) < 4.78 is 10.9. The molecule has 0 bridgehead atoms. The van der Waals surface area contributed by atoms with Crippen molar-refractivity contribution in [3.63, 3.8) is 0 Å². The van der Waals surface area contributed by atoms with Crippen LogP contribution in [0.15, 0.2) is 30.6 Å². The van der Waals surface area contributed by atoms with Gasteiger partial charge in [0.05, 0.1) is 12.4 Å². The Morgan fingerprint density at radius 3 is 2.61 bits per heavy atom. The number of benzene rings is 1. The average Bonchev–Trinajstić information content (AvgIpc) is 2.55. The van der Waals surface area contributed by atoms with Gasteiger partial charge in [-0.2, -0.15) is 0 Å². The van der Waals surface area contributed by atoms with Crippen LogP contribution in [0.25, 0.3) is 0 Å². The molecule has 0 spiro atoms. The van der Waals surface area contributed by atoms with Gasteiger partial charge in [0.1, 0.15) is 24.7 Å². The number of fused-ring (bicyclic) bond motifs is 1. The van der Waals surface area contributed by atoms with Crippen LogP contribution in [0, 0.1) is 0 Å². The minimum absolute atomic E-state index is 0.245. The van der Waals surface area contributed by atoms with E-state index in [4.69, 9.17) is 9.47 Å². The summed E-state index contributed by atoms with van der Waals surface area (Å²) in [4.78, 5) is 20.5. The van der Waals surface area contributed by atoms with E-state index >= 15 is 0 Å². The summed E-state index contributed by atoms with van der Waals surface area (Å²) in [5.74, 6) is 1.61. The molecule has 3 rings (SSSR count). The second-order valence-corrected chi connectivity index (χ2v) is 5.40. The number of hydrogen-bond donors (Lipinski definition) is 2. The first-order chi connectivity index (χ1) is 11.1. The lowest BCUT2D eigenvalue weighted by atomic mass is 10.2. The minimum atomic E-state index is -0.328. The monoisotopic (exact) mass is 314 g/mol. The number of ether oxygens (including phenoxy) is 2. The molecule has 1 aromatic carbocycles. The summed E-state index contributed by atoms with van der Waals surface area (Å²) in [6.07, 6.45) is 2.98.